The summed E-state index contributed by atoms with van der Waals surface area (Å²) in [7, 11) is 1.96. The minimum Gasteiger partial charge on any atom is -0.304 e. The van der Waals surface area contributed by atoms with Crippen LogP contribution in [-0.4, -0.2) is 26.1 Å². The molecule has 0 fully saturated rings. The quantitative estimate of drug-likeness (QED) is 0.920. The zero-order valence-electron chi connectivity index (χ0n) is 10.9. The largest absolute Gasteiger partial charge is 0.304 e. The minimum absolute atomic E-state index is 0.0966. The highest BCUT2D eigenvalue weighted by Gasteiger charge is 2.22. The predicted molar refractivity (Wildman–Crippen MR) is 74.3 cm³/mol. The SMILES string of the molecule is CCNC(c1ccnn1C)c1c(Br)cnn1CC. The van der Waals surface area contributed by atoms with E-state index in [0.717, 1.165) is 29.0 Å². The molecule has 0 aliphatic heterocycles. The Morgan fingerprint density at radius 3 is 2.72 bits per heavy atom. The lowest BCUT2D eigenvalue weighted by Gasteiger charge is -2.20. The van der Waals surface area contributed by atoms with Gasteiger partial charge in [-0.3, -0.25) is 9.36 Å². The molecule has 0 amide bonds. The van der Waals surface area contributed by atoms with E-state index in [9.17, 15) is 0 Å². The first-order chi connectivity index (χ1) is 8.69. The molecular weight excluding hydrogens is 294 g/mol. The average Bonchev–Trinajstić information content (AvgIpc) is 2.93. The molecule has 6 heteroatoms. The zero-order chi connectivity index (χ0) is 13.1. The Morgan fingerprint density at radius 2 is 2.17 bits per heavy atom. The Bertz CT molecular complexity index is 516. The summed E-state index contributed by atoms with van der Waals surface area (Å²) >= 11 is 3.59. The first-order valence-corrected chi connectivity index (χ1v) is 6.90. The van der Waals surface area contributed by atoms with Gasteiger partial charge in [0.2, 0.25) is 0 Å². The van der Waals surface area contributed by atoms with E-state index in [0.29, 0.717) is 0 Å². The molecule has 1 atom stereocenters. The van der Waals surface area contributed by atoms with Gasteiger partial charge in [-0.2, -0.15) is 10.2 Å². The standard InChI is InChI=1S/C12H18BrN5/c1-4-14-11(10-6-7-15-17(10)3)12-9(13)8-16-18(12)5-2/h6-8,11,14H,4-5H2,1-3H3. The van der Waals surface area contributed by atoms with Gasteiger partial charge in [-0.1, -0.05) is 6.92 Å². The van der Waals surface area contributed by atoms with E-state index in [4.69, 9.17) is 0 Å². The van der Waals surface area contributed by atoms with Crippen LogP contribution in [0.25, 0.3) is 0 Å². The summed E-state index contributed by atoms with van der Waals surface area (Å²) in [6, 6.07) is 2.13. The van der Waals surface area contributed by atoms with Crippen LogP contribution in [0.15, 0.2) is 22.9 Å². The van der Waals surface area contributed by atoms with E-state index in [1.807, 2.05) is 34.9 Å². The number of aromatic nitrogens is 4. The van der Waals surface area contributed by atoms with Crippen LogP contribution >= 0.6 is 15.9 Å². The summed E-state index contributed by atoms with van der Waals surface area (Å²) in [6.45, 7) is 5.93. The van der Waals surface area contributed by atoms with E-state index >= 15 is 0 Å². The van der Waals surface area contributed by atoms with Gasteiger partial charge in [-0.15, -0.1) is 0 Å². The van der Waals surface area contributed by atoms with Crippen LogP contribution < -0.4 is 5.32 Å². The molecule has 2 heterocycles. The topological polar surface area (TPSA) is 47.7 Å². The number of hydrogen-bond acceptors (Lipinski definition) is 3. The van der Waals surface area contributed by atoms with Crippen molar-refractivity contribution in [3.05, 3.63) is 34.3 Å². The van der Waals surface area contributed by atoms with Crippen molar-refractivity contribution in [3.63, 3.8) is 0 Å². The van der Waals surface area contributed by atoms with Gasteiger partial charge in [-0.25, -0.2) is 0 Å². The van der Waals surface area contributed by atoms with Crippen molar-refractivity contribution >= 4 is 15.9 Å². The molecule has 2 aromatic heterocycles. The van der Waals surface area contributed by atoms with Gasteiger partial charge >= 0.3 is 0 Å². The molecule has 0 spiro atoms. The van der Waals surface area contributed by atoms with Gasteiger partial charge in [0.15, 0.2) is 0 Å². The van der Waals surface area contributed by atoms with E-state index in [1.54, 1.807) is 0 Å². The number of nitrogens with one attached hydrogen (secondary N) is 1. The van der Waals surface area contributed by atoms with Crippen LogP contribution in [0, 0.1) is 0 Å². The number of rotatable bonds is 5. The van der Waals surface area contributed by atoms with Crippen molar-refractivity contribution < 1.29 is 0 Å². The first kappa shape index (κ1) is 13.3. The molecule has 5 nitrogen and oxygen atoms in total. The second kappa shape index (κ2) is 5.67. The number of nitrogens with zero attached hydrogens (tertiary/aromatic N) is 4. The molecule has 0 aromatic carbocycles. The number of aryl methyl sites for hydroxylation is 2. The molecule has 0 radical (unpaired) electrons. The molecule has 0 saturated heterocycles. The van der Waals surface area contributed by atoms with Crippen molar-refractivity contribution in [2.24, 2.45) is 7.05 Å². The zero-order valence-corrected chi connectivity index (χ0v) is 12.5. The normalized spacial score (nSPS) is 12.9. The third-order valence-corrected chi connectivity index (χ3v) is 3.58. The fraction of sp³-hybridized carbons (Fsp3) is 0.500. The van der Waals surface area contributed by atoms with Crippen molar-refractivity contribution in [2.75, 3.05) is 6.54 Å². The van der Waals surface area contributed by atoms with Crippen LogP contribution in [0.5, 0.6) is 0 Å². The molecule has 1 N–H and O–H groups in total. The Balaban J connectivity index is 2.47. The Morgan fingerprint density at radius 1 is 1.39 bits per heavy atom. The second-order valence-electron chi connectivity index (χ2n) is 4.06. The predicted octanol–water partition coefficient (Wildman–Crippen LogP) is 2.10. The molecule has 0 saturated carbocycles. The van der Waals surface area contributed by atoms with Crippen molar-refractivity contribution in [3.8, 4) is 0 Å². The van der Waals surface area contributed by atoms with Crippen LogP contribution in [0.2, 0.25) is 0 Å². The summed E-state index contributed by atoms with van der Waals surface area (Å²) in [5.74, 6) is 0. The smallest absolute Gasteiger partial charge is 0.0930 e. The van der Waals surface area contributed by atoms with Gasteiger partial charge in [-0.05, 0) is 35.5 Å². The van der Waals surface area contributed by atoms with E-state index in [2.05, 4.69) is 45.3 Å². The summed E-state index contributed by atoms with van der Waals surface area (Å²) in [6.07, 6.45) is 3.67. The molecule has 18 heavy (non-hydrogen) atoms. The summed E-state index contributed by atoms with van der Waals surface area (Å²) in [5.41, 5.74) is 2.27. The highest BCUT2D eigenvalue weighted by molar-refractivity contribution is 9.10. The lowest BCUT2D eigenvalue weighted by atomic mass is 10.1. The Labute approximate surface area is 115 Å². The molecule has 1 unspecified atom stereocenters. The average molecular weight is 312 g/mol. The summed E-state index contributed by atoms with van der Waals surface area (Å²) < 4.78 is 4.92. The lowest BCUT2D eigenvalue weighted by molar-refractivity contribution is 0.513. The highest BCUT2D eigenvalue weighted by Crippen LogP contribution is 2.28. The van der Waals surface area contributed by atoms with Crippen LogP contribution in [0.4, 0.5) is 0 Å². The fourth-order valence-electron chi connectivity index (χ4n) is 2.12. The van der Waals surface area contributed by atoms with E-state index in [1.165, 1.54) is 0 Å². The van der Waals surface area contributed by atoms with Crippen molar-refractivity contribution in [2.45, 2.75) is 26.4 Å². The molecule has 0 aliphatic rings. The molecular formula is C12H18BrN5. The molecule has 0 bridgehead atoms. The van der Waals surface area contributed by atoms with Gasteiger partial charge in [0, 0.05) is 19.8 Å². The third-order valence-electron chi connectivity index (χ3n) is 2.97. The second-order valence-corrected chi connectivity index (χ2v) is 4.92. The Hall–Kier alpha value is -1.14. The maximum Gasteiger partial charge on any atom is 0.0930 e. The molecule has 98 valence electrons. The maximum absolute atomic E-state index is 4.38. The van der Waals surface area contributed by atoms with Gasteiger partial charge in [0.05, 0.1) is 28.1 Å². The van der Waals surface area contributed by atoms with Crippen molar-refractivity contribution in [1.29, 1.82) is 0 Å². The third kappa shape index (κ3) is 2.35. The van der Waals surface area contributed by atoms with Crippen LogP contribution in [-0.2, 0) is 13.6 Å². The van der Waals surface area contributed by atoms with Gasteiger partial charge in [0.25, 0.3) is 0 Å². The van der Waals surface area contributed by atoms with Crippen molar-refractivity contribution in [1.82, 2.24) is 24.9 Å². The number of hydrogen-bond donors (Lipinski definition) is 1. The van der Waals surface area contributed by atoms with Gasteiger partial charge in [0.1, 0.15) is 0 Å². The molecule has 2 rings (SSSR count). The maximum atomic E-state index is 4.38. The summed E-state index contributed by atoms with van der Waals surface area (Å²) in [4.78, 5) is 0. The lowest BCUT2D eigenvalue weighted by Crippen LogP contribution is -2.27. The summed E-state index contributed by atoms with van der Waals surface area (Å²) in [5, 5.41) is 12.1. The monoisotopic (exact) mass is 311 g/mol. The number of halogens is 1. The van der Waals surface area contributed by atoms with Crippen LogP contribution in [0.3, 0.4) is 0 Å². The van der Waals surface area contributed by atoms with E-state index in [-0.39, 0.29) is 6.04 Å². The van der Waals surface area contributed by atoms with Crippen LogP contribution in [0.1, 0.15) is 31.3 Å². The molecule has 2 aromatic rings. The highest BCUT2D eigenvalue weighted by atomic mass is 79.9. The Kier molecular flexibility index (Phi) is 4.19. The first-order valence-electron chi connectivity index (χ1n) is 6.11. The fourth-order valence-corrected chi connectivity index (χ4v) is 2.65. The van der Waals surface area contributed by atoms with Gasteiger partial charge < -0.3 is 5.32 Å². The molecule has 0 aliphatic carbocycles. The van der Waals surface area contributed by atoms with E-state index < -0.39 is 0 Å². The minimum atomic E-state index is 0.0966.